The fourth-order valence-electron chi connectivity index (χ4n) is 3.04. The number of nitrogens with one attached hydrogen (secondary N) is 1. The lowest BCUT2D eigenvalue weighted by atomic mass is 9.97. The number of nitrogens with two attached hydrogens (primary N) is 1. The summed E-state index contributed by atoms with van der Waals surface area (Å²) in [5, 5.41) is 7.82. The molecule has 3 rings (SSSR count). The number of nitrogens with zero attached hydrogens (tertiary/aromatic N) is 1. The number of hydrogen-bond donors (Lipinski definition) is 2. The molecule has 9 nitrogen and oxygen atoms in total. The number of carbonyl (C=O) groups is 1. The number of piperidine rings is 1. The smallest absolute Gasteiger partial charge is 0.243 e. The monoisotopic (exact) mass is 427 g/mol. The van der Waals surface area contributed by atoms with Gasteiger partial charge in [0.1, 0.15) is 5.76 Å². The molecule has 0 radical (unpaired) electrons. The molecule has 0 unspecified atom stereocenters. The lowest BCUT2D eigenvalue weighted by Crippen LogP contribution is -2.42. The third-order valence-corrected chi connectivity index (χ3v) is 7.47. The number of primary sulfonamides is 1. The van der Waals surface area contributed by atoms with E-state index in [9.17, 15) is 21.6 Å². The minimum Gasteiger partial charge on any atom is -0.467 e. The second-order valence-corrected chi connectivity index (χ2v) is 9.99. The molecule has 1 aliphatic rings. The summed E-state index contributed by atoms with van der Waals surface area (Å²) in [7, 11) is -7.66. The van der Waals surface area contributed by atoms with Gasteiger partial charge in [0, 0.05) is 19.0 Å². The minimum atomic E-state index is -3.89. The zero-order chi connectivity index (χ0) is 20.4. The van der Waals surface area contributed by atoms with Crippen LogP contribution in [0.25, 0.3) is 0 Å². The molecule has 1 aliphatic heterocycles. The van der Waals surface area contributed by atoms with Crippen molar-refractivity contribution < 1.29 is 26.0 Å². The van der Waals surface area contributed by atoms with Crippen LogP contribution in [0.1, 0.15) is 18.6 Å². The van der Waals surface area contributed by atoms with Gasteiger partial charge in [-0.25, -0.2) is 22.0 Å². The number of benzene rings is 1. The van der Waals surface area contributed by atoms with Crippen LogP contribution in [0, 0.1) is 5.92 Å². The molecule has 1 saturated heterocycles. The van der Waals surface area contributed by atoms with Gasteiger partial charge >= 0.3 is 0 Å². The quantitative estimate of drug-likeness (QED) is 0.693. The second kappa shape index (κ2) is 8.03. The van der Waals surface area contributed by atoms with Gasteiger partial charge in [0.2, 0.25) is 26.0 Å². The number of sulfonamides is 2. The van der Waals surface area contributed by atoms with E-state index >= 15 is 0 Å². The van der Waals surface area contributed by atoms with E-state index < -0.39 is 20.0 Å². The fourth-order valence-corrected chi connectivity index (χ4v) is 5.03. The number of carbonyl (C=O) groups excluding carboxylic acids is 1. The summed E-state index contributed by atoms with van der Waals surface area (Å²) in [4.78, 5) is 12.1. The Morgan fingerprint density at radius 1 is 1.07 bits per heavy atom. The van der Waals surface area contributed by atoms with E-state index in [-0.39, 0.29) is 34.7 Å². The molecule has 1 amide bonds. The highest BCUT2D eigenvalue weighted by Crippen LogP contribution is 2.24. The van der Waals surface area contributed by atoms with Crippen molar-refractivity contribution in [2.45, 2.75) is 29.2 Å². The standard InChI is InChI=1S/C17H21N3O6S2/c18-27(22,23)15-3-5-16(6-4-15)28(24,25)20-9-7-13(8-10-20)17(21)19-12-14-2-1-11-26-14/h1-6,11,13H,7-10,12H2,(H,19,21)(H2,18,22,23). The molecule has 1 aromatic heterocycles. The van der Waals surface area contributed by atoms with Crippen molar-refractivity contribution in [2.75, 3.05) is 13.1 Å². The molecule has 152 valence electrons. The largest absolute Gasteiger partial charge is 0.467 e. The molecular weight excluding hydrogens is 406 g/mol. The van der Waals surface area contributed by atoms with Gasteiger partial charge in [-0.2, -0.15) is 4.31 Å². The highest BCUT2D eigenvalue weighted by Gasteiger charge is 2.32. The SMILES string of the molecule is NS(=O)(=O)c1ccc(S(=O)(=O)N2CCC(C(=O)NCc3ccco3)CC2)cc1. The topological polar surface area (TPSA) is 140 Å². The van der Waals surface area contributed by atoms with Gasteiger partial charge in [-0.1, -0.05) is 0 Å². The molecule has 28 heavy (non-hydrogen) atoms. The number of furan rings is 1. The van der Waals surface area contributed by atoms with E-state index in [2.05, 4.69) is 5.32 Å². The maximum atomic E-state index is 12.7. The Morgan fingerprint density at radius 3 is 2.21 bits per heavy atom. The summed E-state index contributed by atoms with van der Waals surface area (Å²) in [5.74, 6) is 0.244. The van der Waals surface area contributed by atoms with Crippen LogP contribution in [-0.4, -0.2) is 40.1 Å². The van der Waals surface area contributed by atoms with Gasteiger partial charge in [0.15, 0.2) is 0 Å². The van der Waals surface area contributed by atoms with Crippen molar-refractivity contribution in [1.29, 1.82) is 0 Å². The van der Waals surface area contributed by atoms with Crippen LogP contribution in [0.5, 0.6) is 0 Å². The first-order valence-electron chi connectivity index (χ1n) is 8.61. The second-order valence-electron chi connectivity index (χ2n) is 6.49. The Morgan fingerprint density at radius 2 is 1.68 bits per heavy atom. The third-order valence-electron chi connectivity index (χ3n) is 4.63. The number of amides is 1. The molecule has 3 N–H and O–H groups in total. The molecule has 0 atom stereocenters. The average Bonchev–Trinajstić information content (AvgIpc) is 3.19. The molecule has 1 aromatic carbocycles. The Bertz CT molecular complexity index is 1020. The van der Waals surface area contributed by atoms with Crippen molar-refractivity contribution >= 4 is 26.0 Å². The Hall–Kier alpha value is -2.21. The van der Waals surface area contributed by atoms with Gasteiger partial charge in [-0.15, -0.1) is 0 Å². The maximum Gasteiger partial charge on any atom is 0.243 e. The summed E-state index contributed by atoms with van der Waals surface area (Å²) in [6.45, 7) is 0.705. The normalized spacial score (nSPS) is 16.8. The van der Waals surface area contributed by atoms with Crippen LogP contribution >= 0.6 is 0 Å². The minimum absolute atomic E-state index is 0.0133. The van der Waals surface area contributed by atoms with Crippen LogP contribution < -0.4 is 10.5 Å². The van der Waals surface area contributed by atoms with E-state index in [1.165, 1.54) is 22.7 Å². The summed E-state index contributed by atoms with van der Waals surface area (Å²) in [5.41, 5.74) is 0. The Labute approximate surface area is 163 Å². The van der Waals surface area contributed by atoms with Gasteiger partial charge in [-0.3, -0.25) is 4.79 Å². The van der Waals surface area contributed by atoms with Crippen molar-refractivity contribution in [3.05, 3.63) is 48.4 Å². The van der Waals surface area contributed by atoms with Crippen LogP contribution in [0.3, 0.4) is 0 Å². The summed E-state index contributed by atoms with van der Waals surface area (Å²) < 4.78 is 54.5. The summed E-state index contributed by atoms with van der Waals surface area (Å²) in [6.07, 6.45) is 2.33. The molecule has 0 saturated carbocycles. The predicted octanol–water partition coefficient (Wildman–Crippen LogP) is 0.644. The van der Waals surface area contributed by atoms with Crippen molar-refractivity contribution in [3.8, 4) is 0 Å². The van der Waals surface area contributed by atoms with Crippen molar-refractivity contribution in [1.82, 2.24) is 9.62 Å². The molecule has 0 bridgehead atoms. The highest BCUT2D eigenvalue weighted by molar-refractivity contribution is 7.89. The van der Waals surface area contributed by atoms with Gasteiger partial charge in [0.25, 0.3) is 0 Å². The first-order chi connectivity index (χ1) is 13.2. The Balaban J connectivity index is 1.59. The molecule has 1 fully saturated rings. The van der Waals surface area contributed by atoms with Crippen LogP contribution in [0.15, 0.2) is 56.9 Å². The lowest BCUT2D eigenvalue weighted by Gasteiger charge is -2.30. The molecule has 0 aliphatic carbocycles. The van der Waals surface area contributed by atoms with Crippen LogP contribution in [0.4, 0.5) is 0 Å². The fraction of sp³-hybridized carbons (Fsp3) is 0.353. The summed E-state index contributed by atoms with van der Waals surface area (Å²) >= 11 is 0. The maximum absolute atomic E-state index is 12.7. The Kier molecular flexibility index (Phi) is 5.89. The predicted molar refractivity (Wildman–Crippen MR) is 99.9 cm³/mol. The van der Waals surface area contributed by atoms with E-state index in [4.69, 9.17) is 9.56 Å². The zero-order valence-electron chi connectivity index (χ0n) is 14.9. The average molecular weight is 428 g/mol. The van der Waals surface area contributed by atoms with Gasteiger partial charge in [0.05, 0.1) is 22.6 Å². The zero-order valence-corrected chi connectivity index (χ0v) is 16.6. The van der Waals surface area contributed by atoms with E-state index in [0.29, 0.717) is 25.1 Å². The number of hydrogen-bond acceptors (Lipinski definition) is 6. The third kappa shape index (κ3) is 4.61. The molecular formula is C17H21N3O6S2. The van der Waals surface area contributed by atoms with E-state index in [1.807, 2.05) is 0 Å². The van der Waals surface area contributed by atoms with Crippen molar-refractivity contribution in [2.24, 2.45) is 11.1 Å². The van der Waals surface area contributed by atoms with E-state index in [0.717, 1.165) is 12.1 Å². The first-order valence-corrected chi connectivity index (χ1v) is 11.6. The molecule has 2 heterocycles. The van der Waals surface area contributed by atoms with Crippen molar-refractivity contribution in [3.63, 3.8) is 0 Å². The highest BCUT2D eigenvalue weighted by atomic mass is 32.2. The summed E-state index contributed by atoms with van der Waals surface area (Å²) in [6, 6.07) is 8.26. The molecule has 11 heteroatoms. The van der Waals surface area contributed by atoms with Gasteiger partial charge < -0.3 is 9.73 Å². The molecule has 2 aromatic rings. The van der Waals surface area contributed by atoms with Crippen LogP contribution in [-0.2, 0) is 31.4 Å². The number of rotatable bonds is 6. The first kappa shape index (κ1) is 20.5. The van der Waals surface area contributed by atoms with Gasteiger partial charge in [-0.05, 0) is 49.2 Å². The molecule has 0 spiro atoms. The van der Waals surface area contributed by atoms with E-state index in [1.54, 1.807) is 12.1 Å². The van der Waals surface area contributed by atoms with Crippen LogP contribution in [0.2, 0.25) is 0 Å². The lowest BCUT2D eigenvalue weighted by molar-refractivity contribution is -0.126.